The van der Waals surface area contributed by atoms with Gasteiger partial charge < -0.3 is 28.2 Å². The fourth-order valence-electron chi connectivity index (χ4n) is 2.82. The molecule has 1 saturated heterocycles. The van der Waals surface area contributed by atoms with Crippen molar-refractivity contribution in [1.29, 1.82) is 0 Å². The maximum atomic E-state index is 13.3. The Morgan fingerprint density at radius 2 is 1.27 bits per heavy atom. The molecule has 0 aromatic rings. The van der Waals surface area contributed by atoms with Crippen molar-refractivity contribution in [3.8, 4) is 0 Å². The molecule has 1 aliphatic heterocycles. The zero-order valence-corrected chi connectivity index (χ0v) is 21.1. The van der Waals surface area contributed by atoms with E-state index in [1.807, 2.05) is 0 Å². The number of carbonyl (C=O) groups excluding carboxylic acids is 4. The Hall–Kier alpha value is -1.62. The summed E-state index contributed by atoms with van der Waals surface area (Å²) in [7, 11) is -8.34. The summed E-state index contributed by atoms with van der Waals surface area (Å²) in [6.45, 7) is 6.00. The van der Waals surface area contributed by atoms with Crippen molar-refractivity contribution in [3.05, 3.63) is 0 Å². The van der Waals surface area contributed by atoms with E-state index < -0.39 is 44.4 Å². The lowest BCUT2D eigenvalue weighted by Gasteiger charge is -2.31. The molecular formula is C18H32N2O11P2. The molecule has 1 heterocycles. The van der Waals surface area contributed by atoms with E-state index >= 15 is 0 Å². The van der Waals surface area contributed by atoms with Gasteiger partial charge in [0.2, 0.25) is 11.4 Å². The van der Waals surface area contributed by atoms with E-state index in [0.717, 1.165) is 0 Å². The Bertz CT molecular complexity index is 738. The van der Waals surface area contributed by atoms with Crippen molar-refractivity contribution < 1.29 is 51.2 Å². The van der Waals surface area contributed by atoms with E-state index in [9.17, 15) is 28.3 Å². The van der Waals surface area contributed by atoms with E-state index in [4.69, 9.17) is 22.9 Å². The number of hydrogen-bond donors (Lipinski definition) is 1. The summed E-state index contributed by atoms with van der Waals surface area (Å²) in [5, 5.41) is 2.78. The maximum absolute atomic E-state index is 13.3. The van der Waals surface area contributed by atoms with E-state index in [1.54, 1.807) is 27.7 Å². The number of carbonyl (C=O) groups is 4. The molecule has 0 saturated carbocycles. The van der Waals surface area contributed by atoms with Crippen molar-refractivity contribution in [1.82, 2.24) is 10.4 Å². The molecule has 1 N–H and O–H groups in total. The summed E-state index contributed by atoms with van der Waals surface area (Å²) in [4.78, 5) is 52.1. The van der Waals surface area contributed by atoms with Crippen LogP contribution in [0.15, 0.2) is 0 Å². The van der Waals surface area contributed by atoms with Crippen LogP contribution in [0, 0.1) is 0 Å². The van der Waals surface area contributed by atoms with Crippen molar-refractivity contribution in [2.75, 3.05) is 26.4 Å². The van der Waals surface area contributed by atoms with Crippen molar-refractivity contribution in [3.63, 3.8) is 0 Å². The van der Waals surface area contributed by atoms with E-state index in [1.165, 1.54) is 0 Å². The minimum Gasteiger partial charge on any atom is -0.332 e. The first-order chi connectivity index (χ1) is 15.6. The summed E-state index contributed by atoms with van der Waals surface area (Å²) >= 11 is 0. The topological polar surface area (TPSA) is 164 Å². The number of amides is 3. The highest BCUT2D eigenvalue weighted by molar-refractivity contribution is 7.72. The third-order valence-corrected chi connectivity index (χ3v) is 9.73. The molecule has 0 bridgehead atoms. The minimum atomic E-state index is -4.17. The molecule has 0 spiro atoms. The lowest BCUT2D eigenvalue weighted by Crippen LogP contribution is -2.37. The van der Waals surface area contributed by atoms with Crippen molar-refractivity contribution >= 4 is 38.9 Å². The number of nitrogens with one attached hydrogen (secondary N) is 1. The number of rotatable bonds is 16. The highest BCUT2D eigenvalue weighted by Crippen LogP contribution is 2.69. The molecule has 33 heavy (non-hydrogen) atoms. The molecule has 1 rings (SSSR count). The molecule has 0 aromatic carbocycles. The Labute approximate surface area is 192 Å². The molecule has 190 valence electrons. The fraction of sp³-hybridized carbons (Fsp3) is 0.778. The molecule has 13 nitrogen and oxygen atoms in total. The second-order valence-corrected chi connectivity index (χ2v) is 11.2. The average molecular weight is 514 g/mol. The molecule has 0 aliphatic carbocycles. The zero-order chi connectivity index (χ0) is 25.1. The lowest BCUT2D eigenvalue weighted by atomic mass is 10.2. The third-order valence-electron chi connectivity index (χ3n) is 4.11. The van der Waals surface area contributed by atoms with Crippen LogP contribution >= 0.6 is 15.2 Å². The van der Waals surface area contributed by atoms with Crippen LogP contribution in [0.4, 0.5) is 0 Å². The number of imide groups is 1. The molecule has 0 unspecified atom stereocenters. The minimum absolute atomic E-state index is 0.0324. The van der Waals surface area contributed by atoms with Gasteiger partial charge in [0.25, 0.3) is 11.8 Å². The van der Waals surface area contributed by atoms with Crippen molar-refractivity contribution in [2.45, 2.75) is 65.3 Å². The van der Waals surface area contributed by atoms with Gasteiger partial charge in [-0.15, -0.1) is 5.06 Å². The van der Waals surface area contributed by atoms with Gasteiger partial charge in [-0.05, 0) is 34.1 Å². The highest BCUT2D eigenvalue weighted by atomic mass is 31.2. The number of hydroxylamine groups is 2. The highest BCUT2D eigenvalue weighted by Gasteiger charge is 2.52. The Kier molecular flexibility index (Phi) is 12.4. The smallest absolute Gasteiger partial charge is 0.332 e. The molecular weight excluding hydrogens is 482 g/mol. The Morgan fingerprint density at radius 3 is 1.67 bits per heavy atom. The fourth-order valence-corrected chi connectivity index (χ4v) is 7.77. The van der Waals surface area contributed by atoms with Crippen LogP contribution in [0.25, 0.3) is 0 Å². The summed E-state index contributed by atoms with van der Waals surface area (Å²) in [5.74, 6) is -2.81. The van der Waals surface area contributed by atoms with Gasteiger partial charge in [-0.3, -0.25) is 23.5 Å². The lowest BCUT2D eigenvalue weighted by molar-refractivity contribution is -0.197. The van der Waals surface area contributed by atoms with Gasteiger partial charge in [0.15, 0.2) is 0 Å². The van der Waals surface area contributed by atoms with Gasteiger partial charge in [0, 0.05) is 25.7 Å². The first kappa shape index (κ1) is 29.4. The van der Waals surface area contributed by atoms with Crippen LogP contribution in [0.3, 0.4) is 0 Å². The molecule has 3 amide bonds. The van der Waals surface area contributed by atoms with Crippen LogP contribution in [-0.2, 0) is 51.2 Å². The average Bonchev–Trinajstić information content (AvgIpc) is 3.04. The van der Waals surface area contributed by atoms with Gasteiger partial charge in [0.1, 0.15) is 0 Å². The molecule has 1 fully saturated rings. The monoisotopic (exact) mass is 514 g/mol. The molecule has 0 aromatic heterocycles. The van der Waals surface area contributed by atoms with E-state index in [0.29, 0.717) is 5.06 Å². The molecule has 15 heteroatoms. The van der Waals surface area contributed by atoms with Crippen LogP contribution in [-0.4, -0.2) is 60.7 Å². The van der Waals surface area contributed by atoms with Crippen LogP contribution in [0.1, 0.15) is 59.8 Å². The van der Waals surface area contributed by atoms with Crippen molar-refractivity contribution in [2.24, 2.45) is 0 Å². The van der Waals surface area contributed by atoms with Gasteiger partial charge in [0.05, 0.1) is 26.4 Å². The number of hydrogen-bond acceptors (Lipinski definition) is 11. The Morgan fingerprint density at radius 1 is 0.848 bits per heavy atom. The second kappa shape index (κ2) is 13.9. The van der Waals surface area contributed by atoms with Crippen LogP contribution in [0.2, 0.25) is 0 Å². The second-order valence-electron chi connectivity index (χ2n) is 6.59. The molecule has 1 aliphatic rings. The third kappa shape index (κ3) is 8.59. The standard InChI is InChI=1S/C18H32N2O11P2/c1-5-27-32(25,28-6-2)18(33(26,29-7-3)30-8-4)19-14(21)10-9-11-17(24)31-20-15(22)12-13-16(20)23/h18H,5-13H2,1-4H3,(H,19,21). The van der Waals surface area contributed by atoms with Gasteiger partial charge in [-0.1, -0.05) is 0 Å². The molecule has 0 atom stereocenters. The SMILES string of the molecule is CCOP(=O)(OCC)C(NC(=O)CCCC(=O)ON1C(=O)CCC1=O)P(=O)(OCC)OCC. The van der Waals surface area contributed by atoms with E-state index in [2.05, 4.69) is 5.32 Å². The largest absolute Gasteiger partial charge is 0.365 e. The van der Waals surface area contributed by atoms with E-state index in [-0.39, 0.29) is 58.5 Å². The quantitative estimate of drug-likeness (QED) is 0.238. The number of nitrogens with zero attached hydrogens (tertiary/aromatic N) is 1. The molecule has 0 radical (unpaired) electrons. The first-order valence-corrected chi connectivity index (χ1v) is 13.9. The van der Waals surface area contributed by atoms with Crippen LogP contribution < -0.4 is 5.32 Å². The Balaban J connectivity index is 2.85. The van der Waals surface area contributed by atoms with Gasteiger partial charge in [-0.25, -0.2) is 4.79 Å². The zero-order valence-electron chi connectivity index (χ0n) is 19.3. The summed E-state index contributed by atoms with van der Waals surface area (Å²) in [6, 6.07) is 0. The van der Waals surface area contributed by atoms with Gasteiger partial charge >= 0.3 is 21.2 Å². The first-order valence-electron chi connectivity index (χ1n) is 10.7. The van der Waals surface area contributed by atoms with Gasteiger partial charge in [-0.2, -0.15) is 0 Å². The predicted molar refractivity (Wildman–Crippen MR) is 115 cm³/mol. The normalized spacial score (nSPS) is 14.8. The summed E-state index contributed by atoms with van der Waals surface area (Å²) in [5.41, 5.74) is -1.72. The predicted octanol–water partition coefficient (Wildman–Crippen LogP) is 2.70. The maximum Gasteiger partial charge on any atom is 0.365 e. The van der Waals surface area contributed by atoms with Crippen LogP contribution in [0.5, 0.6) is 0 Å². The summed E-state index contributed by atoms with van der Waals surface area (Å²) < 4.78 is 47.7. The summed E-state index contributed by atoms with van der Waals surface area (Å²) in [6.07, 6.45) is -0.637.